The summed E-state index contributed by atoms with van der Waals surface area (Å²) in [5.41, 5.74) is -0.000818. The van der Waals surface area contributed by atoms with Crippen molar-refractivity contribution in [3.8, 4) is 11.8 Å². The molecule has 1 spiro atoms. The Hall–Kier alpha value is -2.62. The molecule has 4 aliphatic carbocycles. The Balaban J connectivity index is 1.42. The van der Waals surface area contributed by atoms with E-state index >= 15 is 4.39 Å². The van der Waals surface area contributed by atoms with Gasteiger partial charge in [0.25, 0.3) is 0 Å². The van der Waals surface area contributed by atoms with Gasteiger partial charge in [-0.3, -0.25) is 4.79 Å². The highest BCUT2D eigenvalue weighted by Gasteiger charge is 2.81. The van der Waals surface area contributed by atoms with E-state index in [4.69, 9.17) is 4.74 Å². The molecule has 1 saturated heterocycles. The molecule has 7 heteroatoms. The Bertz CT molecular complexity index is 1200. The number of rotatable bonds is 3. The molecular formula is C24H27FN4O2. The monoisotopic (exact) mass is 422 g/mol. The molecule has 1 N–H and O–H groups in total. The van der Waals surface area contributed by atoms with E-state index in [9.17, 15) is 10.1 Å². The lowest BCUT2D eigenvalue weighted by Gasteiger charge is -2.71. The number of methoxy groups -OCH3 is 1. The number of pyridine rings is 1. The third-order valence-corrected chi connectivity index (χ3v) is 9.62. The van der Waals surface area contributed by atoms with Gasteiger partial charge in [0.05, 0.1) is 35.6 Å². The molecule has 7 rings (SSSR count). The van der Waals surface area contributed by atoms with E-state index in [2.05, 4.69) is 27.9 Å². The number of nitriles is 1. The van der Waals surface area contributed by atoms with E-state index in [1.807, 2.05) is 13.8 Å². The summed E-state index contributed by atoms with van der Waals surface area (Å²) in [7, 11) is 1.41. The summed E-state index contributed by atoms with van der Waals surface area (Å²) in [6.45, 7) is 6.01. The van der Waals surface area contributed by atoms with Crippen LogP contribution in [-0.2, 0) is 10.2 Å². The molecule has 3 heterocycles. The van der Waals surface area contributed by atoms with Gasteiger partial charge in [-0.2, -0.15) is 5.26 Å². The maximum atomic E-state index is 15.2. The number of carbonyl (C=O) groups is 1. The highest BCUT2D eigenvalue weighted by molar-refractivity contribution is 5.95. The first-order valence-electron chi connectivity index (χ1n) is 11.1. The third kappa shape index (κ3) is 1.90. The van der Waals surface area contributed by atoms with Crippen molar-refractivity contribution in [3.63, 3.8) is 0 Å². The van der Waals surface area contributed by atoms with E-state index in [0.29, 0.717) is 16.6 Å². The van der Waals surface area contributed by atoms with Crippen LogP contribution < -0.4 is 4.74 Å². The Morgan fingerprint density at radius 2 is 2.06 bits per heavy atom. The van der Waals surface area contributed by atoms with Crippen LogP contribution in [0.3, 0.4) is 0 Å². The highest BCUT2D eigenvalue weighted by atomic mass is 19.1. The Kier molecular flexibility index (Phi) is 3.33. The summed E-state index contributed by atoms with van der Waals surface area (Å²) in [5.74, 6) is -0.421. The van der Waals surface area contributed by atoms with E-state index in [-0.39, 0.29) is 40.0 Å². The number of H-pyrrole nitrogens is 1. The van der Waals surface area contributed by atoms with E-state index < -0.39 is 11.2 Å². The Morgan fingerprint density at radius 1 is 1.35 bits per heavy atom. The summed E-state index contributed by atoms with van der Waals surface area (Å²) in [4.78, 5) is 23.4. The number of amides is 1. The van der Waals surface area contributed by atoms with Gasteiger partial charge >= 0.3 is 0 Å². The zero-order chi connectivity index (χ0) is 22.0. The number of carbonyl (C=O) groups excluding carboxylic acids is 1. The minimum absolute atomic E-state index is 0.0131. The molecule has 2 aromatic rings. The maximum absolute atomic E-state index is 15.2. The molecule has 0 radical (unpaired) electrons. The van der Waals surface area contributed by atoms with Crippen molar-refractivity contribution < 1.29 is 13.9 Å². The molecule has 31 heavy (non-hydrogen) atoms. The molecule has 4 bridgehead atoms. The molecule has 5 atom stereocenters. The van der Waals surface area contributed by atoms with Crippen LogP contribution >= 0.6 is 0 Å². The van der Waals surface area contributed by atoms with Gasteiger partial charge in [0.1, 0.15) is 5.65 Å². The molecular weight excluding hydrogens is 395 g/mol. The molecule has 1 amide bonds. The first kappa shape index (κ1) is 19.1. The van der Waals surface area contributed by atoms with Gasteiger partial charge in [0.15, 0.2) is 11.6 Å². The first-order chi connectivity index (χ1) is 14.6. The van der Waals surface area contributed by atoms with Crippen molar-refractivity contribution in [2.75, 3.05) is 7.11 Å². The predicted octanol–water partition coefficient (Wildman–Crippen LogP) is 4.06. The number of aromatic amines is 1. The lowest BCUT2D eigenvalue weighted by atomic mass is 9.33. The van der Waals surface area contributed by atoms with Crippen LogP contribution in [0.4, 0.5) is 4.39 Å². The number of aromatic nitrogens is 2. The van der Waals surface area contributed by atoms with Crippen LogP contribution in [0.25, 0.3) is 11.0 Å². The average Bonchev–Trinajstić information content (AvgIpc) is 3.24. The molecule has 6 nitrogen and oxygen atoms in total. The van der Waals surface area contributed by atoms with Gasteiger partial charge in [-0.1, -0.05) is 6.92 Å². The van der Waals surface area contributed by atoms with Crippen LogP contribution in [0.1, 0.15) is 58.4 Å². The van der Waals surface area contributed by atoms with Gasteiger partial charge in [-0.15, -0.1) is 0 Å². The van der Waals surface area contributed by atoms with Crippen molar-refractivity contribution in [1.29, 1.82) is 5.26 Å². The van der Waals surface area contributed by atoms with Crippen molar-refractivity contribution in [1.82, 2.24) is 14.9 Å². The van der Waals surface area contributed by atoms with Crippen molar-refractivity contribution in [3.05, 3.63) is 23.8 Å². The second-order valence-electron chi connectivity index (χ2n) is 11.0. The third-order valence-electron chi connectivity index (χ3n) is 9.62. The standard InChI is InChI=1S/C24H27FN4O2/c1-21(2,15-9-27-19-17(15)18(25)16(31-4)10-28-19)20(30)29-13-5-22(3)23(6-13)7-14(29)8-24(22,11-23)12-26/h9-10,13-14H,5-8,11H2,1-4H3,(H,27,28). The van der Waals surface area contributed by atoms with Crippen LogP contribution in [0.2, 0.25) is 0 Å². The van der Waals surface area contributed by atoms with Gasteiger partial charge in [0.2, 0.25) is 5.91 Å². The Labute approximate surface area is 180 Å². The Morgan fingerprint density at radius 3 is 2.74 bits per heavy atom. The smallest absolute Gasteiger partial charge is 0.233 e. The summed E-state index contributed by atoms with van der Waals surface area (Å²) in [6, 6.07) is 2.92. The van der Waals surface area contributed by atoms with Gasteiger partial charge in [-0.05, 0) is 62.3 Å². The lowest BCUT2D eigenvalue weighted by Crippen LogP contribution is -2.70. The molecule has 2 aromatic heterocycles. The normalized spacial score (nSPS) is 37.6. The molecule has 162 valence electrons. The van der Waals surface area contributed by atoms with Crippen LogP contribution in [0, 0.1) is 33.4 Å². The molecule has 5 unspecified atom stereocenters. The molecule has 0 aromatic carbocycles. The second kappa shape index (κ2) is 5.40. The fourth-order valence-corrected chi connectivity index (χ4v) is 8.02. The van der Waals surface area contributed by atoms with Gasteiger partial charge in [0, 0.05) is 18.3 Å². The SMILES string of the molecule is COc1cnc2[nH]cc(C(C)(C)C(=O)N3C4CC5(C#N)CC6(C4)CC3CC56C)c2c1F. The number of nitrogens with zero attached hydrogens (tertiary/aromatic N) is 3. The van der Waals surface area contributed by atoms with Gasteiger partial charge in [-0.25, -0.2) is 9.37 Å². The first-order valence-corrected chi connectivity index (χ1v) is 11.1. The number of ether oxygens (including phenoxy) is 1. The summed E-state index contributed by atoms with van der Waals surface area (Å²) in [5, 5.41) is 10.4. The highest BCUT2D eigenvalue weighted by Crippen LogP contribution is 2.83. The number of hydrogen-bond acceptors (Lipinski definition) is 4. The van der Waals surface area contributed by atoms with Crippen LogP contribution in [0.5, 0.6) is 5.75 Å². The maximum Gasteiger partial charge on any atom is 0.233 e. The van der Waals surface area contributed by atoms with Crippen molar-refractivity contribution >= 4 is 16.9 Å². The topological polar surface area (TPSA) is 82.0 Å². The minimum Gasteiger partial charge on any atom is -0.492 e. The number of likely N-dealkylation sites (tertiary alicyclic amines) is 1. The average molecular weight is 423 g/mol. The van der Waals surface area contributed by atoms with Crippen LogP contribution in [0.15, 0.2) is 12.4 Å². The number of nitrogens with one attached hydrogen (secondary N) is 1. The fourth-order valence-electron chi connectivity index (χ4n) is 8.02. The summed E-state index contributed by atoms with van der Waals surface area (Å²) < 4.78 is 20.3. The van der Waals surface area contributed by atoms with E-state index in [0.717, 1.165) is 32.1 Å². The predicted molar refractivity (Wildman–Crippen MR) is 112 cm³/mol. The molecule has 5 aliphatic rings. The molecule has 4 saturated carbocycles. The molecule has 5 fully saturated rings. The van der Waals surface area contributed by atoms with Crippen LogP contribution in [-0.4, -0.2) is 40.0 Å². The zero-order valence-corrected chi connectivity index (χ0v) is 18.4. The largest absolute Gasteiger partial charge is 0.492 e. The van der Waals surface area contributed by atoms with E-state index in [1.54, 1.807) is 6.20 Å². The minimum atomic E-state index is -0.941. The van der Waals surface area contributed by atoms with Crippen molar-refractivity contribution in [2.24, 2.45) is 16.2 Å². The summed E-state index contributed by atoms with van der Waals surface area (Å²) >= 11 is 0. The number of halogens is 1. The van der Waals surface area contributed by atoms with E-state index in [1.165, 1.54) is 13.3 Å². The van der Waals surface area contributed by atoms with Gasteiger partial charge < -0.3 is 14.6 Å². The second-order valence-corrected chi connectivity index (χ2v) is 11.0. The fraction of sp³-hybridized carbons (Fsp3) is 0.625. The number of piperidine rings is 1. The lowest BCUT2D eigenvalue weighted by molar-refractivity contribution is -0.219. The van der Waals surface area contributed by atoms with Crippen molar-refractivity contribution in [2.45, 2.75) is 70.4 Å². The molecule has 1 aliphatic heterocycles. The number of hydrogen-bond donors (Lipinski definition) is 1. The quantitative estimate of drug-likeness (QED) is 0.809. The summed E-state index contributed by atoms with van der Waals surface area (Å²) in [6.07, 6.45) is 7.68. The number of fused-ring (bicyclic) bond motifs is 2. The zero-order valence-electron chi connectivity index (χ0n) is 18.4.